The summed E-state index contributed by atoms with van der Waals surface area (Å²) in [6, 6.07) is 5.77. The Morgan fingerprint density at radius 3 is 2.71 bits per heavy atom. The van der Waals surface area contributed by atoms with Gasteiger partial charge in [-0.05, 0) is 37.3 Å². The van der Waals surface area contributed by atoms with Gasteiger partial charge in [0.25, 0.3) is 0 Å². The zero-order valence-corrected chi connectivity index (χ0v) is 15.1. The predicted molar refractivity (Wildman–Crippen MR) is 92.8 cm³/mol. The molecule has 0 unspecified atom stereocenters. The Kier molecular flexibility index (Phi) is 6.21. The Hall–Kier alpha value is -1.63. The lowest BCUT2D eigenvalue weighted by Gasteiger charge is -2.31. The first-order chi connectivity index (χ1) is 11.3. The van der Waals surface area contributed by atoms with Gasteiger partial charge in [-0.25, -0.2) is 12.8 Å². The molecule has 134 valence electrons. The van der Waals surface area contributed by atoms with E-state index in [1.807, 2.05) is 4.90 Å². The first-order valence-corrected chi connectivity index (χ1v) is 10.1. The molecule has 0 saturated carbocycles. The van der Waals surface area contributed by atoms with Gasteiger partial charge in [-0.3, -0.25) is 9.10 Å². The minimum Gasteiger partial charge on any atom is -0.342 e. The van der Waals surface area contributed by atoms with Crippen LogP contribution >= 0.6 is 0 Å². The summed E-state index contributed by atoms with van der Waals surface area (Å²) in [6.45, 7) is 3.76. The number of carbonyl (C=O) groups excluding carboxylic acids is 1. The number of piperidine rings is 1. The first kappa shape index (κ1) is 18.7. The van der Waals surface area contributed by atoms with Gasteiger partial charge in [0, 0.05) is 26.1 Å². The second-order valence-corrected chi connectivity index (χ2v) is 8.38. The monoisotopic (exact) mass is 356 g/mol. The number of amides is 1. The molecule has 1 amide bonds. The van der Waals surface area contributed by atoms with E-state index >= 15 is 0 Å². The predicted octanol–water partition coefficient (Wildman–Crippen LogP) is 2.63. The third-order valence-electron chi connectivity index (χ3n) is 4.28. The van der Waals surface area contributed by atoms with Gasteiger partial charge in [0.15, 0.2) is 0 Å². The first-order valence-electron chi connectivity index (χ1n) is 8.29. The second-order valence-electron chi connectivity index (χ2n) is 6.48. The van der Waals surface area contributed by atoms with Crippen LogP contribution in [0.2, 0.25) is 0 Å². The number of anilines is 1. The third-order valence-corrected chi connectivity index (χ3v) is 5.46. The Morgan fingerprint density at radius 1 is 1.38 bits per heavy atom. The molecule has 1 heterocycles. The fourth-order valence-corrected chi connectivity index (χ4v) is 4.03. The van der Waals surface area contributed by atoms with Crippen LogP contribution < -0.4 is 4.31 Å². The Labute approximate surface area is 143 Å². The van der Waals surface area contributed by atoms with Crippen molar-refractivity contribution in [2.45, 2.75) is 32.6 Å². The van der Waals surface area contributed by atoms with E-state index < -0.39 is 15.8 Å². The molecule has 1 saturated heterocycles. The summed E-state index contributed by atoms with van der Waals surface area (Å²) < 4.78 is 38.9. The lowest BCUT2D eigenvalue weighted by Crippen LogP contribution is -2.39. The van der Waals surface area contributed by atoms with E-state index in [0.29, 0.717) is 12.3 Å². The van der Waals surface area contributed by atoms with Gasteiger partial charge in [-0.1, -0.05) is 19.1 Å². The van der Waals surface area contributed by atoms with Crippen LogP contribution in [0.15, 0.2) is 24.3 Å². The molecule has 0 aliphatic carbocycles. The van der Waals surface area contributed by atoms with E-state index in [1.54, 1.807) is 6.07 Å². The third kappa shape index (κ3) is 4.93. The van der Waals surface area contributed by atoms with E-state index in [9.17, 15) is 17.6 Å². The van der Waals surface area contributed by atoms with Crippen molar-refractivity contribution in [3.8, 4) is 0 Å². The molecule has 0 bridgehead atoms. The van der Waals surface area contributed by atoms with Crippen molar-refractivity contribution in [2.75, 3.05) is 30.2 Å². The van der Waals surface area contributed by atoms with E-state index in [4.69, 9.17) is 0 Å². The maximum Gasteiger partial charge on any atom is 0.232 e. The molecule has 2 rings (SSSR count). The number of benzene rings is 1. The molecule has 0 aromatic heterocycles. The maximum absolute atomic E-state index is 13.9. The molecule has 1 aliphatic rings. The highest BCUT2D eigenvalue weighted by molar-refractivity contribution is 7.92. The molecule has 0 N–H and O–H groups in total. The van der Waals surface area contributed by atoms with Gasteiger partial charge in [0.2, 0.25) is 15.9 Å². The Balaban J connectivity index is 1.97. The number of halogens is 1. The number of carbonyl (C=O) groups is 1. The van der Waals surface area contributed by atoms with Crippen molar-refractivity contribution in [1.29, 1.82) is 0 Å². The largest absolute Gasteiger partial charge is 0.342 e. The van der Waals surface area contributed by atoms with Crippen LogP contribution in [0.1, 0.15) is 32.6 Å². The fourth-order valence-electron chi connectivity index (χ4n) is 3.07. The standard InChI is InChI=1S/C17H25FN2O3S/c1-14-7-5-11-19(13-14)17(21)10-6-12-20(24(2,22)23)16-9-4-3-8-15(16)18/h3-4,8-9,14H,5-7,10-13H2,1-2H3/t14-/m1/s1. The molecule has 1 aromatic rings. The molecule has 0 spiro atoms. The summed E-state index contributed by atoms with van der Waals surface area (Å²) in [6.07, 6.45) is 3.84. The highest BCUT2D eigenvalue weighted by Crippen LogP contribution is 2.22. The molecular formula is C17H25FN2O3S. The molecule has 24 heavy (non-hydrogen) atoms. The van der Waals surface area contributed by atoms with Crippen LogP contribution in [0.3, 0.4) is 0 Å². The summed E-state index contributed by atoms with van der Waals surface area (Å²) in [5.41, 5.74) is 0.0269. The highest BCUT2D eigenvalue weighted by atomic mass is 32.2. The van der Waals surface area contributed by atoms with Crippen molar-refractivity contribution >= 4 is 21.6 Å². The zero-order valence-electron chi connectivity index (χ0n) is 14.2. The molecule has 1 aliphatic heterocycles. The van der Waals surface area contributed by atoms with Crippen LogP contribution in [-0.4, -0.2) is 45.1 Å². The van der Waals surface area contributed by atoms with Gasteiger partial charge < -0.3 is 4.90 Å². The molecular weight excluding hydrogens is 331 g/mol. The van der Waals surface area contributed by atoms with E-state index in [1.165, 1.54) is 18.2 Å². The number of nitrogens with zero attached hydrogens (tertiary/aromatic N) is 2. The van der Waals surface area contributed by atoms with Gasteiger partial charge >= 0.3 is 0 Å². The van der Waals surface area contributed by atoms with Crippen molar-refractivity contribution in [3.63, 3.8) is 0 Å². The zero-order chi connectivity index (χ0) is 17.7. The van der Waals surface area contributed by atoms with E-state index in [0.717, 1.165) is 36.5 Å². The van der Waals surface area contributed by atoms with Crippen LogP contribution in [0, 0.1) is 11.7 Å². The highest BCUT2D eigenvalue weighted by Gasteiger charge is 2.23. The number of para-hydroxylation sites is 1. The average Bonchev–Trinajstić information content (AvgIpc) is 2.51. The number of likely N-dealkylation sites (tertiary alicyclic amines) is 1. The SMILES string of the molecule is C[C@@H]1CCCN(C(=O)CCCN(c2ccccc2F)S(C)(=O)=O)C1. The smallest absolute Gasteiger partial charge is 0.232 e. The fraction of sp³-hybridized carbons (Fsp3) is 0.588. The molecule has 1 fully saturated rings. The van der Waals surface area contributed by atoms with Crippen molar-refractivity contribution < 1.29 is 17.6 Å². The second kappa shape index (κ2) is 7.96. The maximum atomic E-state index is 13.9. The van der Waals surface area contributed by atoms with Crippen LogP contribution in [0.4, 0.5) is 10.1 Å². The minimum absolute atomic E-state index is 0.0269. The molecule has 1 aromatic carbocycles. The topological polar surface area (TPSA) is 57.7 Å². The number of hydrogen-bond donors (Lipinski definition) is 0. The van der Waals surface area contributed by atoms with Gasteiger partial charge in [0.1, 0.15) is 5.82 Å². The normalized spacial score (nSPS) is 18.5. The lowest BCUT2D eigenvalue weighted by atomic mass is 10.00. The van der Waals surface area contributed by atoms with Crippen molar-refractivity contribution in [2.24, 2.45) is 5.92 Å². The van der Waals surface area contributed by atoms with Crippen molar-refractivity contribution in [3.05, 3.63) is 30.1 Å². The minimum atomic E-state index is -3.60. The summed E-state index contributed by atoms with van der Waals surface area (Å²) in [7, 11) is -3.60. The van der Waals surface area contributed by atoms with Gasteiger partial charge in [-0.15, -0.1) is 0 Å². The Bertz CT molecular complexity index is 678. The summed E-state index contributed by atoms with van der Waals surface area (Å²) in [5.74, 6) is -0.0312. The summed E-state index contributed by atoms with van der Waals surface area (Å²) in [4.78, 5) is 14.1. The molecule has 7 heteroatoms. The molecule has 5 nitrogen and oxygen atoms in total. The lowest BCUT2D eigenvalue weighted by molar-refractivity contribution is -0.132. The number of rotatable bonds is 6. The van der Waals surface area contributed by atoms with E-state index in [-0.39, 0.29) is 24.6 Å². The van der Waals surface area contributed by atoms with Gasteiger partial charge in [-0.2, -0.15) is 0 Å². The van der Waals surface area contributed by atoms with Crippen molar-refractivity contribution in [1.82, 2.24) is 4.90 Å². The quantitative estimate of drug-likeness (QED) is 0.787. The molecule has 1 atom stereocenters. The molecule has 0 radical (unpaired) electrons. The van der Waals surface area contributed by atoms with Crippen LogP contribution in [0.5, 0.6) is 0 Å². The summed E-state index contributed by atoms with van der Waals surface area (Å²) in [5, 5.41) is 0. The van der Waals surface area contributed by atoms with Crippen LogP contribution in [-0.2, 0) is 14.8 Å². The number of sulfonamides is 1. The number of hydrogen-bond acceptors (Lipinski definition) is 3. The average molecular weight is 356 g/mol. The van der Waals surface area contributed by atoms with Gasteiger partial charge in [0.05, 0.1) is 11.9 Å². The summed E-state index contributed by atoms with van der Waals surface area (Å²) >= 11 is 0. The van der Waals surface area contributed by atoms with Crippen LogP contribution in [0.25, 0.3) is 0 Å². The Morgan fingerprint density at radius 2 is 2.08 bits per heavy atom. The van der Waals surface area contributed by atoms with E-state index in [2.05, 4.69) is 6.92 Å².